The third-order valence-corrected chi connectivity index (χ3v) is 4.53. The van der Waals surface area contributed by atoms with Crippen LogP contribution >= 0.6 is 0 Å². The van der Waals surface area contributed by atoms with E-state index in [1.54, 1.807) is 0 Å². The molecule has 3 heteroatoms. The molecule has 1 aromatic carbocycles. The van der Waals surface area contributed by atoms with Crippen molar-refractivity contribution in [2.75, 3.05) is 0 Å². The number of aryl methyl sites for hydroxylation is 1. The monoisotopic (exact) mass is 254 g/mol. The summed E-state index contributed by atoms with van der Waals surface area (Å²) in [5, 5.41) is 12.3. The van der Waals surface area contributed by atoms with Gasteiger partial charge in [0.15, 0.2) is 0 Å². The molecule has 0 aliphatic heterocycles. The number of nitriles is 1. The van der Waals surface area contributed by atoms with Crippen LogP contribution in [-0.2, 0) is 11.2 Å². The third-order valence-electron chi connectivity index (χ3n) is 4.53. The molecule has 3 rings (SSSR count). The third kappa shape index (κ3) is 2.02. The maximum absolute atomic E-state index is 12.3. The summed E-state index contributed by atoms with van der Waals surface area (Å²) in [6.45, 7) is 0. The van der Waals surface area contributed by atoms with E-state index in [-0.39, 0.29) is 11.9 Å². The number of carbonyl (C=O) groups excluding carboxylic acids is 1. The molecule has 1 atom stereocenters. The molecule has 0 spiro atoms. The second kappa shape index (κ2) is 4.70. The van der Waals surface area contributed by atoms with Crippen molar-refractivity contribution in [2.24, 2.45) is 5.41 Å². The first kappa shape index (κ1) is 12.2. The first-order valence-corrected chi connectivity index (χ1v) is 7.05. The molecular weight excluding hydrogens is 236 g/mol. The maximum Gasteiger partial charge on any atom is 0.240 e. The number of fused-ring (bicyclic) bond motifs is 1. The summed E-state index contributed by atoms with van der Waals surface area (Å²) in [6.07, 6.45) is 5.58. The first-order valence-electron chi connectivity index (χ1n) is 7.05. The number of benzene rings is 1. The van der Waals surface area contributed by atoms with Gasteiger partial charge in [-0.2, -0.15) is 5.26 Å². The van der Waals surface area contributed by atoms with Gasteiger partial charge in [-0.25, -0.2) is 0 Å². The van der Waals surface area contributed by atoms with Crippen molar-refractivity contribution >= 4 is 5.91 Å². The number of rotatable bonds is 2. The smallest absolute Gasteiger partial charge is 0.240 e. The van der Waals surface area contributed by atoms with Gasteiger partial charge in [-0.05, 0) is 49.7 Å². The van der Waals surface area contributed by atoms with Crippen molar-refractivity contribution in [2.45, 2.75) is 44.6 Å². The van der Waals surface area contributed by atoms with Crippen molar-refractivity contribution in [1.82, 2.24) is 5.32 Å². The summed E-state index contributed by atoms with van der Waals surface area (Å²) in [4.78, 5) is 12.3. The van der Waals surface area contributed by atoms with Gasteiger partial charge in [-0.1, -0.05) is 24.3 Å². The van der Waals surface area contributed by atoms with Crippen LogP contribution in [0.4, 0.5) is 0 Å². The lowest BCUT2D eigenvalue weighted by Gasteiger charge is -2.36. The Labute approximate surface area is 113 Å². The number of carbonyl (C=O) groups is 1. The maximum atomic E-state index is 12.3. The average Bonchev–Trinajstić information content (AvgIpc) is 2.38. The van der Waals surface area contributed by atoms with E-state index >= 15 is 0 Å². The molecule has 1 N–H and O–H groups in total. The Hall–Kier alpha value is -1.82. The molecule has 1 aromatic rings. The van der Waals surface area contributed by atoms with Crippen molar-refractivity contribution < 1.29 is 4.79 Å². The summed E-state index contributed by atoms with van der Waals surface area (Å²) in [5.41, 5.74) is 1.82. The zero-order valence-corrected chi connectivity index (χ0v) is 11.0. The lowest BCUT2D eigenvalue weighted by Crippen LogP contribution is -2.46. The van der Waals surface area contributed by atoms with Gasteiger partial charge >= 0.3 is 0 Å². The molecule has 0 heterocycles. The fraction of sp³-hybridized carbons (Fsp3) is 0.500. The minimum atomic E-state index is -0.744. The van der Waals surface area contributed by atoms with Crippen LogP contribution in [0.3, 0.4) is 0 Å². The van der Waals surface area contributed by atoms with Gasteiger partial charge in [0.05, 0.1) is 12.1 Å². The largest absolute Gasteiger partial charge is 0.348 e. The lowest BCUT2D eigenvalue weighted by atomic mass is 9.69. The van der Waals surface area contributed by atoms with Gasteiger partial charge in [0.25, 0.3) is 0 Å². The number of amides is 1. The molecule has 1 saturated carbocycles. The molecule has 2 aliphatic carbocycles. The fourth-order valence-electron chi connectivity index (χ4n) is 3.12. The lowest BCUT2D eigenvalue weighted by molar-refractivity contribution is -0.132. The van der Waals surface area contributed by atoms with E-state index in [0.29, 0.717) is 12.8 Å². The van der Waals surface area contributed by atoms with E-state index in [2.05, 4.69) is 23.5 Å². The van der Waals surface area contributed by atoms with E-state index < -0.39 is 5.41 Å². The van der Waals surface area contributed by atoms with E-state index in [1.165, 1.54) is 11.1 Å². The Bertz CT molecular complexity index is 540. The molecule has 1 unspecified atom stereocenters. The van der Waals surface area contributed by atoms with Crippen LogP contribution < -0.4 is 5.32 Å². The molecule has 0 bridgehead atoms. The SMILES string of the molecule is N#CC1(C(=O)NC2CCCc3ccccc32)CCC1. The van der Waals surface area contributed by atoms with Gasteiger partial charge in [0.1, 0.15) is 5.41 Å². The Morgan fingerprint density at radius 1 is 1.32 bits per heavy atom. The van der Waals surface area contributed by atoms with Gasteiger partial charge in [0.2, 0.25) is 5.91 Å². The Morgan fingerprint density at radius 3 is 2.79 bits per heavy atom. The molecule has 3 nitrogen and oxygen atoms in total. The molecule has 1 fully saturated rings. The molecule has 1 amide bonds. The van der Waals surface area contributed by atoms with Crippen LogP contribution in [-0.4, -0.2) is 5.91 Å². The zero-order valence-electron chi connectivity index (χ0n) is 11.0. The highest BCUT2D eigenvalue weighted by Crippen LogP contribution is 2.41. The van der Waals surface area contributed by atoms with Crippen molar-refractivity contribution in [3.05, 3.63) is 35.4 Å². The molecule has 98 valence electrons. The van der Waals surface area contributed by atoms with Crippen LogP contribution in [0.25, 0.3) is 0 Å². The zero-order chi connectivity index (χ0) is 13.3. The fourth-order valence-corrected chi connectivity index (χ4v) is 3.12. The standard InChI is InChI=1S/C16H18N2O/c17-11-16(9-4-10-16)15(19)18-14-8-3-6-12-5-1-2-7-13(12)14/h1-2,5,7,14H,3-4,6,8-10H2,(H,18,19). The second-order valence-electron chi connectivity index (χ2n) is 5.66. The normalized spacial score (nSPS) is 23.6. The van der Waals surface area contributed by atoms with E-state index in [0.717, 1.165) is 25.7 Å². The van der Waals surface area contributed by atoms with E-state index in [1.807, 2.05) is 12.1 Å². The number of nitrogens with one attached hydrogen (secondary N) is 1. The summed E-state index contributed by atoms with van der Waals surface area (Å²) < 4.78 is 0. The van der Waals surface area contributed by atoms with E-state index in [9.17, 15) is 10.1 Å². The Balaban J connectivity index is 1.78. The molecule has 2 aliphatic rings. The molecule has 0 aromatic heterocycles. The van der Waals surface area contributed by atoms with Crippen molar-refractivity contribution in [1.29, 1.82) is 5.26 Å². The predicted octanol–water partition coefficient (Wildman–Crippen LogP) is 2.87. The molecular formula is C16H18N2O. The minimum Gasteiger partial charge on any atom is -0.348 e. The quantitative estimate of drug-likeness (QED) is 0.882. The van der Waals surface area contributed by atoms with Gasteiger partial charge in [-0.15, -0.1) is 0 Å². The van der Waals surface area contributed by atoms with Crippen LogP contribution in [0.5, 0.6) is 0 Å². The Morgan fingerprint density at radius 2 is 2.11 bits per heavy atom. The number of hydrogen-bond acceptors (Lipinski definition) is 2. The number of nitrogens with zero attached hydrogens (tertiary/aromatic N) is 1. The van der Waals surface area contributed by atoms with Crippen LogP contribution in [0.2, 0.25) is 0 Å². The summed E-state index contributed by atoms with van der Waals surface area (Å²) >= 11 is 0. The highest BCUT2D eigenvalue weighted by atomic mass is 16.2. The van der Waals surface area contributed by atoms with Crippen molar-refractivity contribution in [3.8, 4) is 6.07 Å². The Kier molecular flexibility index (Phi) is 3.02. The molecule has 0 radical (unpaired) electrons. The highest BCUT2D eigenvalue weighted by molar-refractivity contribution is 5.86. The molecule has 19 heavy (non-hydrogen) atoms. The van der Waals surface area contributed by atoms with Gasteiger partial charge in [0, 0.05) is 0 Å². The van der Waals surface area contributed by atoms with Crippen LogP contribution in [0.15, 0.2) is 24.3 Å². The highest BCUT2D eigenvalue weighted by Gasteiger charge is 2.45. The predicted molar refractivity (Wildman–Crippen MR) is 72.2 cm³/mol. The van der Waals surface area contributed by atoms with Crippen molar-refractivity contribution in [3.63, 3.8) is 0 Å². The number of hydrogen-bond donors (Lipinski definition) is 1. The summed E-state index contributed by atoms with van der Waals surface area (Å²) in [6, 6.07) is 10.6. The molecule has 0 saturated heterocycles. The summed E-state index contributed by atoms with van der Waals surface area (Å²) in [5.74, 6) is -0.0667. The van der Waals surface area contributed by atoms with Crippen LogP contribution in [0.1, 0.15) is 49.3 Å². The second-order valence-corrected chi connectivity index (χ2v) is 5.66. The first-order chi connectivity index (χ1) is 9.25. The minimum absolute atomic E-state index is 0.0667. The summed E-state index contributed by atoms with van der Waals surface area (Å²) in [7, 11) is 0. The average molecular weight is 254 g/mol. The van der Waals surface area contributed by atoms with Gasteiger partial charge < -0.3 is 5.32 Å². The van der Waals surface area contributed by atoms with Crippen LogP contribution in [0, 0.1) is 16.7 Å². The topological polar surface area (TPSA) is 52.9 Å². The van der Waals surface area contributed by atoms with E-state index in [4.69, 9.17) is 0 Å². The van der Waals surface area contributed by atoms with Gasteiger partial charge in [-0.3, -0.25) is 4.79 Å².